The van der Waals surface area contributed by atoms with Crippen LogP contribution in [0.5, 0.6) is 0 Å². The third kappa shape index (κ3) is 3.78. The molecule has 3 nitrogen and oxygen atoms in total. The van der Waals surface area contributed by atoms with Gasteiger partial charge >= 0.3 is 0 Å². The van der Waals surface area contributed by atoms with Crippen molar-refractivity contribution in [3.8, 4) is 0 Å². The maximum Gasteiger partial charge on any atom is 0.232 e. The number of hydrogen-bond acceptors (Lipinski definition) is 2. The van der Waals surface area contributed by atoms with Crippen molar-refractivity contribution in [3.05, 3.63) is 0 Å². The number of rotatable bonds is 6. The van der Waals surface area contributed by atoms with Crippen LogP contribution in [0.15, 0.2) is 0 Å². The Morgan fingerprint density at radius 1 is 1.60 bits per heavy atom. The normalized spacial score (nSPS) is 17.2. The number of hydrogen-bond donors (Lipinski definition) is 1. The maximum atomic E-state index is 12.0. The van der Waals surface area contributed by atoms with Crippen LogP contribution >= 0.6 is 12.2 Å². The summed E-state index contributed by atoms with van der Waals surface area (Å²) in [6, 6.07) is 0. The largest absolute Gasteiger partial charge is 0.393 e. The summed E-state index contributed by atoms with van der Waals surface area (Å²) in [6.45, 7) is 5.58. The van der Waals surface area contributed by atoms with Gasteiger partial charge in [0.05, 0.1) is 10.9 Å². The lowest BCUT2D eigenvalue weighted by molar-refractivity contribution is -0.133. The number of nitrogens with zero attached hydrogens (tertiary/aromatic N) is 1. The summed E-state index contributed by atoms with van der Waals surface area (Å²) >= 11 is 4.86. The molecule has 0 saturated heterocycles. The Morgan fingerprint density at radius 3 is 2.60 bits per heavy atom. The van der Waals surface area contributed by atoms with Crippen molar-refractivity contribution in [3.63, 3.8) is 0 Å². The highest BCUT2D eigenvalue weighted by molar-refractivity contribution is 7.80. The fourth-order valence-electron chi connectivity index (χ4n) is 1.57. The molecule has 4 heteroatoms. The maximum absolute atomic E-state index is 12.0. The van der Waals surface area contributed by atoms with Gasteiger partial charge in [0.2, 0.25) is 5.91 Å². The van der Waals surface area contributed by atoms with E-state index in [1.807, 2.05) is 4.90 Å². The van der Waals surface area contributed by atoms with Crippen molar-refractivity contribution in [1.29, 1.82) is 0 Å². The molecule has 0 aromatic carbocycles. The van der Waals surface area contributed by atoms with Crippen molar-refractivity contribution in [2.45, 2.75) is 33.1 Å². The molecule has 1 aliphatic carbocycles. The quantitative estimate of drug-likeness (QED) is 0.702. The Kier molecular flexibility index (Phi) is 4.51. The molecule has 0 aliphatic heterocycles. The third-order valence-corrected chi connectivity index (χ3v) is 3.13. The summed E-state index contributed by atoms with van der Waals surface area (Å²) in [6.07, 6.45) is 3.51. The van der Waals surface area contributed by atoms with Crippen LogP contribution in [0.2, 0.25) is 0 Å². The Bertz CT molecular complexity index is 251. The molecule has 2 N–H and O–H groups in total. The minimum absolute atomic E-state index is 0.0938. The second kappa shape index (κ2) is 5.45. The van der Waals surface area contributed by atoms with Crippen LogP contribution < -0.4 is 5.73 Å². The monoisotopic (exact) mass is 228 g/mol. The molecule has 0 aromatic heterocycles. The van der Waals surface area contributed by atoms with Gasteiger partial charge in [-0.05, 0) is 32.1 Å². The van der Waals surface area contributed by atoms with Crippen LogP contribution in [-0.2, 0) is 4.79 Å². The van der Waals surface area contributed by atoms with E-state index in [0.717, 1.165) is 25.4 Å². The number of carbonyl (C=O) groups excluding carboxylic acids is 1. The van der Waals surface area contributed by atoms with Gasteiger partial charge in [-0.3, -0.25) is 4.79 Å². The molecule has 0 radical (unpaired) electrons. The zero-order valence-electron chi connectivity index (χ0n) is 9.53. The van der Waals surface area contributed by atoms with Crippen molar-refractivity contribution in [1.82, 2.24) is 4.90 Å². The number of nitrogens with two attached hydrogens (primary N) is 1. The topological polar surface area (TPSA) is 46.3 Å². The molecule has 1 aliphatic rings. The van der Waals surface area contributed by atoms with Gasteiger partial charge < -0.3 is 10.6 Å². The van der Waals surface area contributed by atoms with Crippen molar-refractivity contribution in [2.75, 3.05) is 13.1 Å². The lowest BCUT2D eigenvalue weighted by Gasteiger charge is -2.25. The summed E-state index contributed by atoms with van der Waals surface area (Å²) in [5.41, 5.74) is 5.50. The van der Waals surface area contributed by atoms with E-state index in [1.165, 1.54) is 12.8 Å². The Balaban J connectivity index is 2.52. The van der Waals surface area contributed by atoms with Gasteiger partial charge in [0.15, 0.2) is 0 Å². The lowest BCUT2D eigenvalue weighted by atomic mass is 10.1. The summed E-state index contributed by atoms with van der Waals surface area (Å²) in [7, 11) is 0. The van der Waals surface area contributed by atoms with Gasteiger partial charge in [-0.2, -0.15) is 0 Å². The Morgan fingerprint density at radius 2 is 2.20 bits per heavy atom. The molecule has 1 fully saturated rings. The molecular formula is C11H20N2OS. The molecule has 1 saturated carbocycles. The van der Waals surface area contributed by atoms with E-state index in [4.69, 9.17) is 18.0 Å². The molecule has 0 bridgehead atoms. The molecule has 1 rings (SSSR count). The summed E-state index contributed by atoms with van der Waals surface area (Å²) < 4.78 is 0. The molecule has 1 amide bonds. The first-order valence-electron chi connectivity index (χ1n) is 5.64. The summed E-state index contributed by atoms with van der Waals surface area (Å²) in [4.78, 5) is 14.2. The predicted molar refractivity (Wildman–Crippen MR) is 65.5 cm³/mol. The van der Waals surface area contributed by atoms with Crippen LogP contribution in [0.1, 0.15) is 33.1 Å². The predicted octanol–water partition coefficient (Wildman–Crippen LogP) is 1.56. The van der Waals surface area contributed by atoms with Crippen molar-refractivity contribution in [2.24, 2.45) is 17.6 Å². The van der Waals surface area contributed by atoms with E-state index >= 15 is 0 Å². The highest BCUT2D eigenvalue weighted by atomic mass is 32.1. The fourth-order valence-corrected chi connectivity index (χ4v) is 1.67. The first kappa shape index (κ1) is 12.4. The van der Waals surface area contributed by atoms with Crippen LogP contribution in [0.4, 0.5) is 0 Å². The van der Waals surface area contributed by atoms with Crippen molar-refractivity contribution >= 4 is 23.1 Å². The third-order valence-electron chi connectivity index (χ3n) is 2.78. The fraction of sp³-hybridized carbons (Fsp3) is 0.818. The van der Waals surface area contributed by atoms with Gasteiger partial charge in [-0.1, -0.05) is 19.1 Å². The van der Waals surface area contributed by atoms with E-state index in [9.17, 15) is 4.79 Å². The molecule has 1 atom stereocenters. The van der Waals surface area contributed by atoms with Crippen LogP contribution in [0.3, 0.4) is 0 Å². The number of amides is 1. The van der Waals surface area contributed by atoms with Gasteiger partial charge in [0.1, 0.15) is 0 Å². The minimum Gasteiger partial charge on any atom is -0.393 e. The highest BCUT2D eigenvalue weighted by Crippen LogP contribution is 2.30. The van der Waals surface area contributed by atoms with E-state index in [-0.39, 0.29) is 11.8 Å². The van der Waals surface area contributed by atoms with Crippen LogP contribution in [0.25, 0.3) is 0 Å². The average Bonchev–Trinajstić information content (AvgIpc) is 2.98. The van der Waals surface area contributed by atoms with E-state index in [0.29, 0.717) is 4.99 Å². The number of thiocarbonyl (C=S) groups is 1. The molecule has 86 valence electrons. The molecular weight excluding hydrogens is 208 g/mol. The summed E-state index contributed by atoms with van der Waals surface area (Å²) in [5, 5.41) is 0. The first-order chi connectivity index (χ1) is 7.06. The second-order valence-corrected chi connectivity index (χ2v) is 4.82. The molecule has 1 unspecified atom stereocenters. The molecule has 0 aromatic rings. The van der Waals surface area contributed by atoms with Gasteiger partial charge in [0.25, 0.3) is 0 Å². The second-order valence-electron chi connectivity index (χ2n) is 4.35. The standard InChI is InChI=1S/C11H20N2OS/c1-3-6-13(7-9-4-5-9)11(14)8(2)10(12)15/h8-9H,3-7H2,1-2H3,(H2,12,15). The zero-order chi connectivity index (χ0) is 11.4. The Hall–Kier alpha value is -0.640. The first-order valence-corrected chi connectivity index (χ1v) is 6.05. The van der Waals surface area contributed by atoms with Gasteiger partial charge in [0, 0.05) is 13.1 Å². The SMILES string of the molecule is CCCN(CC1CC1)C(=O)C(C)C(N)=S. The average molecular weight is 228 g/mol. The van der Waals surface area contributed by atoms with E-state index in [1.54, 1.807) is 6.92 Å². The number of carbonyl (C=O) groups is 1. The van der Waals surface area contributed by atoms with Gasteiger partial charge in [-0.15, -0.1) is 0 Å². The van der Waals surface area contributed by atoms with Gasteiger partial charge in [-0.25, -0.2) is 0 Å². The smallest absolute Gasteiger partial charge is 0.232 e. The van der Waals surface area contributed by atoms with Crippen LogP contribution in [-0.4, -0.2) is 28.9 Å². The van der Waals surface area contributed by atoms with Crippen molar-refractivity contribution < 1.29 is 4.79 Å². The minimum atomic E-state index is -0.315. The lowest BCUT2D eigenvalue weighted by Crippen LogP contribution is -2.41. The van der Waals surface area contributed by atoms with Crippen LogP contribution in [0, 0.1) is 11.8 Å². The Labute approximate surface area is 97.0 Å². The highest BCUT2D eigenvalue weighted by Gasteiger charge is 2.29. The molecule has 15 heavy (non-hydrogen) atoms. The molecule has 0 heterocycles. The summed E-state index contributed by atoms with van der Waals surface area (Å²) in [5.74, 6) is 0.501. The zero-order valence-corrected chi connectivity index (χ0v) is 10.3. The van der Waals surface area contributed by atoms with E-state index in [2.05, 4.69) is 6.92 Å². The molecule has 0 spiro atoms. The van der Waals surface area contributed by atoms with E-state index < -0.39 is 0 Å².